The summed E-state index contributed by atoms with van der Waals surface area (Å²) in [6.07, 6.45) is 5.91. The molecule has 0 unspecified atom stereocenters. The van der Waals surface area contributed by atoms with Gasteiger partial charge >= 0.3 is 0 Å². The molecule has 0 aliphatic heterocycles. The van der Waals surface area contributed by atoms with Gasteiger partial charge in [-0.3, -0.25) is 0 Å². The highest BCUT2D eigenvalue weighted by atomic mass is 14.6. The van der Waals surface area contributed by atoms with Crippen molar-refractivity contribution in [3.05, 3.63) is 0 Å². The standard InChI is InChI=1S/C8H15N/c9-5-8-6-1-2-7(8)4-3-6/h6-8H,1-5,9H2/t6-,7-. The molecule has 0 spiro atoms. The van der Waals surface area contributed by atoms with Gasteiger partial charge in [0, 0.05) is 0 Å². The molecule has 0 radical (unpaired) electrons. The van der Waals surface area contributed by atoms with Gasteiger partial charge in [0.1, 0.15) is 0 Å². The van der Waals surface area contributed by atoms with Gasteiger partial charge in [0.05, 0.1) is 0 Å². The third-order valence-corrected chi connectivity index (χ3v) is 3.30. The van der Waals surface area contributed by atoms with E-state index in [1.165, 1.54) is 25.7 Å². The molecule has 2 aliphatic carbocycles. The molecule has 0 aromatic carbocycles. The van der Waals surface area contributed by atoms with E-state index in [0.717, 1.165) is 24.3 Å². The van der Waals surface area contributed by atoms with Crippen LogP contribution in [0.1, 0.15) is 25.7 Å². The van der Waals surface area contributed by atoms with E-state index < -0.39 is 0 Å². The molecule has 0 aromatic heterocycles. The van der Waals surface area contributed by atoms with Crippen LogP contribution in [0.15, 0.2) is 0 Å². The Morgan fingerprint density at radius 1 is 1.00 bits per heavy atom. The van der Waals surface area contributed by atoms with Crippen molar-refractivity contribution in [3.8, 4) is 0 Å². The molecule has 52 valence electrons. The number of hydrogen-bond donors (Lipinski definition) is 1. The highest BCUT2D eigenvalue weighted by Gasteiger charge is 2.40. The quantitative estimate of drug-likeness (QED) is 0.563. The molecule has 0 atom stereocenters. The second-order valence-electron chi connectivity index (χ2n) is 3.57. The Kier molecular flexibility index (Phi) is 1.26. The second kappa shape index (κ2) is 1.98. The summed E-state index contributed by atoms with van der Waals surface area (Å²) in [4.78, 5) is 0. The summed E-state index contributed by atoms with van der Waals surface area (Å²) in [5.41, 5.74) is 5.65. The van der Waals surface area contributed by atoms with Crippen LogP contribution in [0.4, 0.5) is 0 Å². The van der Waals surface area contributed by atoms with Crippen molar-refractivity contribution in [1.29, 1.82) is 0 Å². The molecule has 0 heterocycles. The zero-order chi connectivity index (χ0) is 6.27. The van der Waals surface area contributed by atoms with Crippen LogP contribution in [0.5, 0.6) is 0 Å². The van der Waals surface area contributed by atoms with Crippen molar-refractivity contribution in [2.45, 2.75) is 25.7 Å². The number of rotatable bonds is 1. The first-order chi connectivity index (χ1) is 4.42. The third-order valence-electron chi connectivity index (χ3n) is 3.30. The van der Waals surface area contributed by atoms with Crippen molar-refractivity contribution in [1.82, 2.24) is 0 Å². The van der Waals surface area contributed by atoms with Gasteiger partial charge in [0.25, 0.3) is 0 Å². The molecule has 2 bridgehead atoms. The molecule has 2 rings (SSSR count). The van der Waals surface area contributed by atoms with Gasteiger partial charge in [-0.25, -0.2) is 0 Å². The summed E-state index contributed by atoms with van der Waals surface area (Å²) in [5.74, 6) is 2.98. The maximum absolute atomic E-state index is 5.65. The molecule has 2 N–H and O–H groups in total. The Bertz CT molecular complexity index is 91.1. The van der Waals surface area contributed by atoms with Gasteiger partial charge in [-0.1, -0.05) is 0 Å². The Morgan fingerprint density at radius 3 is 1.67 bits per heavy atom. The van der Waals surface area contributed by atoms with Crippen molar-refractivity contribution in [2.75, 3.05) is 6.54 Å². The lowest BCUT2D eigenvalue weighted by atomic mass is 9.99. The van der Waals surface area contributed by atoms with Crippen LogP contribution < -0.4 is 5.73 Å². The fourth-order valence-corrected chi connectivity index (χ4v) is 2.77. The van der Waals surface area contributed by atoms with Crippen LogP contribution in [0.3, 0.4) is 0 Å². The van der Waals surface area contributed by atoms with Crippen LogP contribution in [0.2, 0.25) is 0 Å². The van der Waals surface area contributed by atoms with Crippen LogP contribution in [0, 0.1) is 17.8 Å². The predicted molar refractivity (Wildman–Crippen MR) is 38.0 cm³/mol. The highest BCUT2D eigenvalue weighted by Crippen LogP contribution is 2.48. The topological polar surface area (TPSA) is 26.0 Å². The van der Waals surface area contributed by atoms with E-state index in [0.29, 0.717) is 0 Å². The fraction of sp³-hybridized carbons (Fsp3) is 1.00. The first-order valence-electron chi connectivity index (χ1n) is 4.12. The first-order valence-corrected chi connectivity index (χ1v) is 4.12. The van der Waals surface area contributed by atoms with E-state index in [-0.39, 0.29) is 0 Å². The van der Waals surface area contributed by atoms with Gasteiger partial charge in [-0.05, 0) is 50.0 Å². The SMILES string of the molecule is NCC1[C@H]2CC[C@H]1CC2. The number of hydrogen-bond acceptors (Lipinski definition) is 1. The van der Waals surface area contributed by atoms with Crippen LogP contribution in [-0.2, 0) is 0 Å². The molecule has 0 amide bonds. The summed E-state index contributed by atoms with van der Waals surface area (Å²) in [6, 6.07) is 0. The Labute approximate surface area is 56.6 Å². The van der Waals surface area contributed by atoms with Gasteiger partial charge in [0.15, 0.2) is 0 Å². The average Bonchev–Trinajstić information content (AvgIpc) is 2.44. The number of nitrogens with two attached hydrogens (primary N) is 1. The van der Waals surface area contributed by atoms with E-state index in [4.69, 9.17) is 5.73 Å². The van der Waals surface area contributed by atoms with E-state index in [2.05, 4.69) is 0 Å². The third kappa shape index (κ3) is 0.710. The molecular formula is C8H15N. The summed E-state index contributed by atoms with van der Waals surface area (Å²) in [7, 11) is 0. The molecule has 2 aliphatic rings. The van der Waals surface area contributed by atoms with Crippen molar-refractivity contribution < 1.29 is 0 Å². The lowest BCUT2D eigenvalue weighted by molar-refractivity contribution is 0.417. The summed E-state index contributed by atoms with van der Waals surface area (Å²) < 4.78 is 0. The fourth-order valence-electron chi connectivity index (χ4n) is 2.77. The smallest absolute Gasteiger partial charge is 0.00436 e. The van der Waals surface area contributed by atoms with E-state index in [1.807, 2.05) is 0 Å². The summed E-state index contributed by atoms with van der Waals surface area (Å²) in [6.45, 7) is 0.954. The van der Waals surface area contributed by atoms with E-state index >= 15 is 0 Å². The van der Waals surface area contributed by atoms with Gasteiger partial charge in [0.2, 0.25) is 0 Å². The van der Waals surface area contributed by atoms with Gasteiger partial charge in [-0.15, -0.1) is 0 Å². The minimum absolute atomic E-state index is 0.921. The molecule has 0 aromatic rings. The Hall–Kier alpha value is -0.0400. The molecule has 1 nitrogen and oxygen atoms in total. The van der Waals surface area contributed by atoms with Crippen LogP contribution in [0.25, 0.3) is 0 Å². The zero-order valence-electron chi connectivity index (χ0n) is 5.84. The Morgan fingerprint density at radius 2 is 1.44 bits per heavy atom. The largest absolute Gasteiger partial charge is 0.330 e. The lowest BCUT2D eigenvalue weighted by Gasteiger charge is -2.10. The summed E-state index contributed by atoms with van der Waals surface area (Å²) >= 11 is 0. The average molecular weight is 125 g/mol. The normalized spacial score (nSPS) is 48.3. The van der Waals surface area contributed by atoms with Crippen molar-refractivity contribution in [3.63, 3.8) is 0 Å². The molecule has 0 saturated heterocycles. The highest BCUT2D eigenvalue weighted by molar-refractivity contribution is 4.91. The molecule has 1 heteroatoms. The van der Waals surface area contributed by atoms with Gasteiger partial charge < -0.3 is 5.73 Å². The van der Waals surface area contributed by atoms with Gasteiger partial charge in [-0.2, -0.15) is 0 Å². The Balaban J connectivity index is 2.08. The summed E-state index contributed by atoms with van der Waals surface area (Å²) in [5, 5.41) is 0. The monoisotopic (exact) mass is 125 g/mol. The molecule has 2 fully saturated rings. The number of fused-ring (bicyclic) bond motifs is 2. The molecule has 2 saturated carbocycles. The lowest BCUT2D eigenvalue weighted by Crippen LogP contribution is -2.17. The van der Waals surface area contributed by atoms with Crippen molar-refractivity contribution >= 4 is 0 Å². The van der Waals surface area contributed by atoms with Crippen LogP contribution in [-0.4, -0.2) is 6.54 Å². The van der Waals surface area contributed by atoms with E-state index in [9.17, 15) is 0 Å². The molecular weight excluding hydrogens is 110 g/mol. The molecule has 9 heavy (non-hydrogen) atoms. The van der Waals surface area contributed by atoms with Crippen LogP contribution >= 0.6 is 0 Å². The second-order valence-corrected chi connectivity index (χ2v) is 3.57. The maximum Gasteiger partial charge on any atom is -0.00436 e. The van der Waals surface area contributed by atoms with Crippen molar-refractivity contribution in [2.24, 2.45) is 23.5 Å². The first kappa shape index (κ1) is 5.72. The zero-order valence-corrected chi connectivity index (χ0v) is 5.84. The minimum atomic E-state index is 0.921. The minimum Gasteiger partial charge on any atom is -0.330 e. The predicted octanol–water partition coefficient (Wildman–Crippen LogP) is 1.38. The van der Waals surface area contributed by atoms with E-state index in [1.54, 1.807) is 0 Å². The maximum atomic E-state index is 5.65.